The number of carbonyl (C=O) groups is 1. The van der Waals surface area contributed by atoms with Crippen LogP contribution >= 0.6 is 11.6 Å². The Kier molecular flexibility index (Phi) is 6.75. The minimum absolute atomic E-state index is 0.0878. The maximum atomic E-state index is 12.5. The molecular formula is C14H22ClN3O2. The van der Waals surface area contributed by atoms with Crippen LogP contribution in [-0.2, 0) is 4.74 Å². The zero-order valence-electron chi connectivity index (χ0n) is 12.4. The normalized spacial score (nSPS) is 10.7. The van der Waals surface area contributed by atoms with Crippen LogP contribution in [-0.4, -0.2) is 48.6 Å². The molecule has 1 amide bonds. The maximum absolute atomic E-state index is 12.5. The molecular weight excluding hydrogens is 278 g/mol. The molecule has 0 saturated heterocycles. The highest BCUT2D eigenvalue weighted by atomic mass is 35.5. The number of methoxy groups -OCH3 is 1. The van der Waals surface area contributed by atoms with Gasteiger partial charge < -0.3 is 15.0 Å². The molecule has 1 heterocycles. The van der Waals surface area contributed by atoms with E-state index in [1.165, 1.54) is 0 Å². The molecule has 0 fully saturated rings. The van der Waals surface area contributed by atoms with Gasteiger partial charge in [-0.3, -0.25) is 4.79 Å². The molecule has 112 valence electrons. The molecule has 0 saturated carbocycles. The highest BCUT2D eigenvalue weighted by Gasteiger charge is 2.19. The van der Waals surface area contributed by atoms with Crippen molar-refractivity contribution in [3.05, 3.63) is 22.8 Å². The van der Waals surface area contributed by atoms with E-state index in [0.29, 0.717) is 29.6 Å². The van der Waals surface area contributed by atoms with Crippen molar-refractivity contribution in [2.24, 2.45) is 0 Å². The van der Waals surface area contributed by atoms with Crippen LogP contribution in [0.3, 0.4) is 0 Å². The van der Waals surface area contributed by atoms with Gasteiger partial charge in [0.1, 0.15) is 5.82 Å². The van der Waals surface area contributed by atoms with Gasteiger partial charge in [0.2, 0.25) is 0 Å². The number of nitrogens with zero attached hydrogens (tertiary/aromatic N) is 2. The number of carbonyl (C=O) groups excluding carboxylic acids is 1. The minimum atomic E-state index is -0.0884. The van der Waals surface area contributed by atoms with Crippen LogP contribution in [0.5, 0.6) is 0 Å². The Morgan fingerprint density at radius 1 is 1.55 bits per heavy atom. The third-order valence-electron chi connectivity index (χ3n) is 2.85. The molecule has 0 bridgehead atoms. The Morgan fingerprint density at radius 3 is 2.75 bits per heavy atom. The van der Waals surface area contributed by atoms with E-state index in [9.17, 15) is 4.79 Å². The molecule has 0 atom stereocenters. The molecule has 5 nitrogen and oxygen atoms in total. The van der Waals surface area contributed by atoms with Crippen LogP contribution in [0, 0.1) is 0 Å². The number of halogens is 1. The van der Waals surface area contributed by atoms with Crippen LogP contribution in [0.2, 0.25) is 5.02 Å². The number of hydrogen-bond acceptors (Lipinski definition) is 4. The van der Waals surface area contributed by atoms with Crippen molar-refractivity contribution in [2.45, 2.75) is 26.8 Å². The lowest BCUT2D eigenvalue weighted by atomic mass is 10.2. The number of pyridine rings is 1. The largest absolute Gasteiger partial charge is 0.383 e. The van der Waals surface area contributed by atoms with Crippen molar-refractivity contribution in [2.75, 3.05) is 32.1 Å². The molecule has 0 aromatic carbocycles. The average Bonchev–Trinajstić information content (AvgIpc) is 2.41. The molecule has 0 spiro atoms. The quantitative estimate of drug-likeness (QED) is 0.841. The Bertz CT molecular complexity index is 452. The molecule has 20 heavy (non-hydrogen) atoms. The third-order valence-corrected chi connectivity index (χ3v) is 3.14. The van der Waals surface area contributed by atoms with E-state index in [4.69, 9.17) is 16.3 Å². The highest BCUT2D eigenvalue weighted by molar-refractivity contribution is 6.33. The third kappa shape index (κ3) is 4.35. The smallest absolute Gasteiger partial charge is 0.255 e. The summed E-state index contributed by atoms with van der Waals surface area (Å²) in [4.78, 5) is 18.4. The molecule has 1 N–H and O–H groups in total. The van der Waals surface area contributed by atoms with E-state index in [-0.39, 0.29) is 11.9 Å². The zero-order chi connectivity index (χ0) is 15.1. The molecule has 1 rings (SSSR count). The summed E-state index contributed by atoms with van der Waals surface area (Å²) >= 11 is 6.12. The SMILES string of the molecule is CCNc1ncc(C(=O)N(CCOC)C(C)C)cc1Cl. The van der Waals surface area contributed by atoms with Crippen molar-refractivity contribution in [1.29, 1.82) is 0 Å². The summed E-state index contributed by atoms with van der Waals surface area (Å²) in [6.45, 7) is 7.67. The van der Waals surface area contributed by atoms with Gasteiger partial charge in [0.25, 0.3) is 5.91 Å². The maximum Gasteiger partial charge on any atom is 0.255 e. The van der Waals surface area contributed by atoms with E-state index in [2.05, 4.69) is 10.3 Å². The molecule has 0 aliphatic carbocycles. The molecule has 1 aromatic rings. The molecule has 0 unspecified atom stereocenters. The van der Waals surface area contributed by atoms with Crippen molar-refractivity contribution in [3.8, 4) is 0 Å². The van der Waals surface area contributed by atoms with Crippen molar-refractivity contribution < 1.29 is 9.53 Å². The molecule has 0 aliphatic rings. The van der Waals surface area contributed by atoms with Gasteiger partial charge >= 0.3 is 0 Å². The predicted octanol–water partition coefficient (Wildman–Crippen LogP) is 2.66. The number of hydrogen-bond donors (Lipinski definition) is 1. The van der Waals surface area contributed by atoms with Gasteiger partial charge in [-0.2, -0.15) is 0 Å². The summed E-state index contributed by atoms with van der Waals surface area (Å²) in [7, 11) is 1.62. The van der Waals surface area contributed by atoms with E-state index < -0.39 is 0 Å². The van der Waals surface area contributed by atoms with Gasteiger partial charge in [0.05, 0.1) is 17.2 Å². The van der Waals surface area contributed by atoms with E-state index in [1.807, 2.05) is 20.8 Å². The van der Waals surface area contributed by atoms with Gasteiger partial charge in [0.15, 0.2) is 0 Å². The first-order chi connectivity index (χ1) is 9.51. The van der Waals surface area contributed by atoms with Gasteiger partial charge in [-0.15, -0.1) is 0 Å². The minimum Gasteiger partial charge on any atom is -0.383 e. The monoisotopic (exact) mass is 299 g/mol. The molecule has 1 aromatic heterocycles. The van der Waals surface area contributed by atoms with Crippen molar-refractivity contribution in [1.82, 2.24) is 9.88 Å². The number of amides is 1. The number of nitrogens with one attached hydrogen (secondary N) is 1. The number of anilines is 1. The molecule has 6 heteroatoms. The predicted molar refractivity (Wildman–Crippen MR) is 81.5 cm³/mol. The number of aromatic nitrogens is 1. The van der Waals surface area contributed by atoms with Crippen LogP contribution in [0.1, 0.15) is 31.1 Å². The van der Waals surface area contributed by atoms with Gasteiger partial charge in [-0.1, -0.05) is 11.6 Å². The molecule has 0 aliphatic heterocycles. The lowest BCUT2D eigenvalue weighted by molar-refractivity contribution is 0.0634. The Morgan fingerprint density at radius 2 is 2.25 bits per heavy atom. The summed E-state index contributed by atoms with van der Waals surface area (Å²) in [6.07, 6.45) is 1.55. The zero-order valence-corrected chi connectivity index (χ0v) is 13.2. The van der Waals surface area contributed by atoms with Crippen molar-refractivity contribution >= 4 is 23.3 Å². The van der Waals surface area contributed by atoms with Crippen LogP contribution in [0.4, 0.5) is 5.82 Å². The van der Waals surface area contributed by atoms with E-state index >= 15 is 0 Å². The fourth-order valence-corrected chi connectivity index (χ4v) is 2.04. The molecule has 0 radical (unpaired) electrons. The summed E-state index contributed by atoms with van der Waals surface area (Å²) in [5, 5.41) is 3.49. The van der Waals surface area contributed by atoms with Crippen LogP contribution in [0.15, 0.2) is 12.3 Å². The first-order valence-corrected chi connectivity index (χ1v) is 7.08. The summed E-state index contributed by atoms with van der Waals surface area (Å²) in [5.41, 5.74) is 0.487. The second-order valence-corrected chi connectivity index (χ2v) is 5.08. The summed E-state index contributed by atoms with van der Waals surface area (Å²) in [5.74, 6) is 0.508. The Balaban J connectivity index is 2.91. The van der Waals surface area contributed by atoms with Crippen molar-refractivity contribution in [3.63, 3.8) is 0 Å². The average molecular weight is 300 g/mol. The first-order valence-electron chi connectivity index (χ1n) is 6.70. The van der Waals surface area contributed by atoms with E-state index in [0.717, 1.165) is 6.54 Å². The number of ether oxygens (including phenoxy) is 1. The lowest BCUT2D eigenvalue weighted by Gasteiger charge is -2.26. The van der Waals surface area contributed by atoms with E-state index in [1.54, 1.807) is 24.3 Å². The first kappa shape index (κ1) is 16.7. The Labute approximate surface area is 125 Å². The van der Waals surface area contributed by atoms with Gasteiger partial charge in [-0.05, 0) is 26.8 Å². The fourth-order valence-electron chi connectivity index (χ4n) is 1.80. The van der Waals surface area contributed by atoms with Crippen LogP contribution in [0.25, 0.3) is 0 Å². The van der Waals surface area contributed by atoms with Crippen LogP contribution < -0.4 is 5.32 Å². The number of rotatable bonds is 7. The van der Waals surface area contributed by atoms with Gasteiger partial charge in [0, 0.05) is 32.4 Å². The van der Waals surface area contributed by atoms with Gasteiger partial charge in [-0.25, -0.2) is 4.98 Å². The Hall–Kier alpha value is -1.33. The fraction of sp³-hybridized carbons (Fsp3) is 0.571. The lowest BCUT2D eigenvalue weighted by Crippen LogP contribution is -2.39. The topological polar surface area (TPSA) is 54.5 Å². The second-order valence-electron chi connectivity index (χ2n) is 4.67. The summed E-state index contributed by atoms with van der Waals surface area (Å²) < 4.78 is 5.04. The standard InChI is InChI=1S/C14H22ClN3O2/c1-5-16-13-12(15)8-11(9-17-13)14(19)18(10(2)3)6-7-20-4/h8-10H,5-7H2,1-4H3,(H,16,17). The summed E-state index contributed by atoms with van der Waals surface area (Å²) in [6, 6.07) is 1.74. The second kappa shape index (κ2) is 8.07. The highest BCUT2D eigenvalue weighted by Crippen LogP contribution is 2.21.